The molecule has 2 aromatic rings. The van der Waals surface area contributed by atoms with Crippen LogP contribution in [0.4, 0.5) is 0 Å². The number of piperazine rings is 1. The molecule has 0 radical (unpaired) electrons. The quantitative estimate of drug-likeness (QED) is 0.688. The van der Waals surface area contributed by atoms with Crippen molar-refractivity contribution in [2.24, 2.45) is 0 Å². The molecule has 2 N–H and O–H groups in total. The molecular formula is C15H19N3O6S3. The molecule has 0 aliphatic carbocycles. The minimum Gasteiger partial charge on any atom is -0.473 e. The lowest BCUT2D eigenvalue weighted by atomic mass is 10.3. The second-order valence-corrected chi connectivity index (χ2v) is 9.76. The summed E-state index contributed by atoms with van der Waals surface area (Å²) in [5.74, 6) is -3.65. The maximum Gasteiger partial charge on any atom is 0.414 e. The summed E-state index contributed by atoms with van der Waals surface area (Å²) in [5, 5.41) is 19.7. The zero-order chi connectivity index (χ0) is 20.0. The lowest BCUT2D eigenvalue weighted by Crippen LogP contribution is -2.48. The Labute approximate surface area is 164 Å². The molecule has 1 fully saturated rings. The molecule has 0 amide bonds. The highest BCUT2D eigenvalue weighted by Crippen LogP contribution is 2.22. The van der Waals surface area contributed by atoms with E-state index in [4.69, 9.17) is 19.8 Å². The third kappa shape index (κ3) is 6.07. The maximum atomic E-state index is 12.4. The maximum absolute atomic E-state index is 12.4. The average molecular weight is 434 g/mol. The van der Waals surface area contributed by atoms with Gasteiger partial charge >= 0.3 is 11.9 Å². The van der Waals surface area contributed by atoms with Gasteiger partial charge in [0, 0.05) is 38.1 Å². The van der Waals surface area contributed by atoms with Gasteiger partial charge in [0.1, 0.15) is 4.21 Å². The summed E-state index contributed by atoms with van der Waals surface area (Å²) in [6, 6.07) is 3.45. The first kappa shape index (κ1) is 21.4. The van der Waals surface area contributed by atoms with Crippen molar-refractivity contribution in [3.8, 4) is 0 Å². The van der Waals surface area contributed by atoms with Crippen molar-refractivity contribution < 1.29 is 28.2 Å². The number of nitrogens with zero attached hydrogens (tertiary/aromatic N) is 3. The van der Waals surface area contributed by atoms with Gasteiger partial charge in [0.2, 0.25) is 0 Å². The van der Waals surface area contributed by atoms with E-state index in [0.717, 1.165) is 30.3 Å². The van der Waals surface area contributed by atoms with E-state index in [-0.39, 0.29) is 0 Å². The number of thiazole rings is 1. The van der Waals surface area contributed by atoms with Crippen molar-refractivity contribution in [2.45, 2.75) is 17.7 Å². The molecule has 1 aliphatic heterocycles. The van der Waals surface area contributed by atoms with Crippen LogP contribution in [0.1, 0.15) is 10.7 Å². The molecule has 0 atom stereocenters. The van der Waals surface area contributed by atoms with Gasteiger partial charge in [0.15, 0.2) is 0 Å². The van der Waals surface area contributed by atoms with Crippen LogP contribution in [0.25, 0.3) is 0 Å². The van der Waals surface area contributed by atoms with Crippen LogP contribution in [0.15, 0.2) is 27.1 Å². The zero-order valence-electron chi connectivity index (χ0n) is 14.4. The highest BCUT2D eigenvalue weighted by atomic mass is 32.2. The molecule has 0 saturated carbocycles. The van der Waals surface area contributed by atoms with Crippen LogP contribution in [0.3, 0.4) is 0 Å². The van der Waals surface area contributed by atoms with Gasteiger partial charge in [-0.1, -0.05) is 6.07 Å². The lowest BCUT2D eigenvalue weighted by molar-refractivity contribution is -0.159. The number of aromatic nitrogens is 1. The monoisotopic (exact) mass is 433 g/mol. The largest absolute Gasteiger partial charge is 0.473 e. The Kier molecular flexibility index (Phi) is 7.44. The van der Waals surface area contributed by atoms with E-state index in [1.165, 1.54) is 11.3 Å². The molecule has 27 heavy (non-hydrogen) atoms. The zero-order valence-corrected chi connectivity index (χ0v) is 16.9. The average Bonchev–Trinajstić information content (AvgIpc) is 3.28. The molecule has 3 rings (SSSR count). The van der Waals surface area contributed by atoms with Crippen molar-refractivity contribution in [3.05, 3.63) is 33.6 Å². The highest BCUT2D eigenvalue weighted by Gasteiger charge is 2.29. The van der Waals surface area contributed by atoms with Crippen molar-refractivity contribution in [1.29, 1.82) is 0 Å². The molecule has 148 valence electrons. The molecule has 12 heteroatoms. The topological polar surface area (TPSA) is 128 Å². The van der Waals surface area contributed by atoms with Crippen LogP contribution in [0, 0.1) is 6.92 Å². The van der Waals surface area contributed by atoms with Gasteiger partial charge in [0.25, 0.3) is 10.0 Å². The van der Waals surface area contributed by atoms with E-state index in [2.05, 4.69) is 15.3 Å². The van der Waals surface area contributed by atoms with E-state index in [0.29, 0.717) is 17.3 Å². The Morgan fingerprint density at radius 3 is 2.22 bits per heavy atom. The molecular weight excluding hydrogens is 414 g/mol. The predicted octanol–water partition coefficient (Wildman–Crippen LogP) is 1.18. The van der Waals surface area contributed by atoms with Gasteiger partial charge in [-0.15, -0.1) is 22.7 Å². The molecule has 2 aromatic heterocycles. The molecule has 3 heterocycles. The van der Waals surface area contributed by atoms with Gasteiger partial charge in [0.05, 0.1) is 10.7 Å². The summed E-state index contributed by atoms with van der Waals surface area (Å²) in [6.45, 7) is 5.39. The second-order valence-electron chi connectivity index (χ2n) is 5.58. The third-order valence-electron chi connectivity index (χ3n) is 3.66. The number of sulfonamides is 1. The number of rotatable bonds is 4. The smallest absolute Gasteiger partial charge is 0.414 e. The highest BCUT2D eigenvalue weighted by molar-refractivity contribution is 7.91. The van der Waals surface area contributed by atoms with E-state index in [1.807, 2.05) is 6.92 Å². The number of aryl methyl sites for hydroxylation is 1. The molecule has 0 aromatic carbocycles. The number of aliphatic carboxylic acids is 2. The summed E-state index contributed by atoms with van der Waals surface area (Å²) in [4.78, 5) is 24.9. The second kappa shape index (κ2) is 9.37. The van der Waals surface area contributed by atoms with Gasteiger partial charge in [-0.2, -0.15) is 4.31 Å². The van der Waals surface area contributed by atoms with Crippen LogP contribution in [-0.2, 0) is 26.2 Å². The van der Waals surface area contributed by atoms with E-state index >= 15 is 0 Å². The van der Waals surface area contributed by atoms with E-state index < -0.39 is 22.0 Å². The summed E-state index contributed by atoms with van der Waals surface area (Å²) >= 11 is 2.93. The summed E-state index contributed by atoms with van der Waals surface area (Å²) in [6.07, 6.45) is 0. The molecule has 0 spiro atoms. The van der Waals surface area contributed by atoms with Gasteiger partial charge in [-0.05, 0) is 18.4 Å². The Bertz CT molecular complexity index is 859. The SMILES string of the molecule is Cc1nc(CN2CCN(S(=O)(=O)c3cccs3)CC2)cs1.O=C(O)C(=O)O. The summed E-state index contributed by atoms with van der Waals surface area (Å²) < 4.78 is 26.9. The fraction of sp³-hybridized carbons (Fsp3) is 0.400. The first-order valence-corrected chi connectivity index (χ1v) is 11.0. The Balaban J connectivity index is 0.000000380. The number of carbonyl (C=O) groups is 2. The van der Waals surface area contributed by atoms with Gasteiger partial charge < -0.3 is 10.2 Å². The first-order valence-electron chi connectivity index (χ1n) is 7.83. The van der Waals surface area contributed by atoms with E-state index in [1.54, 1.807) is 33.2 Å². The number of carboxylic acid groups (broad SMARTS) is 2. The van der Waals surface area contributed by atoms with Crippen LogP contribution >= 0.6 is 22.7 Å². The molecule has 0 bridgehead atoms. The van der Waals surface area contributed by atoms with Crippen LogP contribution < -0.4 is 0 Å². The van der Waals surface area contributed by atoms with E-state index in [9.17, 15) is 8.42 Å². The van der Waals surface area contributed by atoms with Gasteiger partial charge in [-0.3, -0.25) is 4.90 Å². The molecule has 0 unspecified atom stereocenters. The Morgan fingerprint density at radius 2 is 1.78 bits per heavy atom. The summed E-state index contributed by atoms with van der Waals surface area (Å²) in [5.41, 5.74) is 1.08. The third-order valence-corrected chi connectivity index (χ3v) is 7.75. The minimum absolute atomic E-state index is 0.436. The Hall–Kier alpha value is -1.86. The van der Waals surface area contributed by atoms with Crippen molar-refractivity contribution >= 4 is 44.6 Å². The summed E-state index contributed by atoms with van der Waals surface area (Å²) in [7, 11) is -3.30. The molecule has 1 aliphatic rings. The van der Waals surface area contributed by atoms with Crippen molar-refractivity contribution in [3.63, 3.8) is 0 Å². The van der Waals surface area contributed by atoms with Crippen molar-refractivity contribution in [2.75, 3.05) is 26.2 Å². The van der Waals surface area contributed by atoms with Crippen LogP contribution in [-0.4, -0.2) is 70.9 Å². The fourth-order valence-electron chi connectivity index (χ4n) is 2.38. The molecule has 1 saturated heterocycles. The Morgan fingerprint density at radius 1 is 1.15 bits per heavy atom. The van der Waals surface area contributed by atoms with Crippen LogP contribution in [0.2, 0.25) is 0 Å². The lowest BCUT2D eigenvalue weighted by Gasteiger charge is -2.33. The first-order chi connectivity index (χ1) is 12.7. The number of hydrogen-bond acceptors (Lipinski definition) is 8. The molecule has 9 nitrogen and oxygen atoms in total. The van der Waals surface area contributed by atoms with Crippen molar-refractivity contribution in [1.82, 2.24) is 14.2 Å². The normalized spacial score (nSPS) is 15.7. The minimum atomic E-state index is -3.30. The number of carboxylic acids is 2. The predicted molar refractivity (Wildman–Crippen MR) is 100 cm³/mol. The number of hydrogen-bond donors (Lipinski definition) is 2. The standard InChI is InChI=1S/C13H17N3O2S3.C2H2O4/c1-11-14-12(10-20-11)9-15-4-6-16(7-5-15)21(17,18)13-3-2-8-19-13;3-1(4)2(5)6/h2-3,8,10H,4-7,9H2,1H3;(H,3,4)(H,5,6). The van der Waals surface area contributed by atoms with Crippen LogP contribution in [0.5, 0.6) is 0 Å². The van der Waals surface area contributed by atoms with Gasteiger partial charge in [-0.25, -0.2) is 23.0 Å². The number of thiophene rings is 1. The fourth-order valence-corrected chi connectivity index (χ4v) is 5.55.